The second-order valence-corrected chi connectivity index (χ2v) is 4.35. The number of ether oxygens (including phenoxy) is 1. The van der Waals surface area contributed by atoms with Crippen LogP contribution in [-0.4, -0.2) is 26.5 Å². The molecule has 0 amide bonds. The van der Waals surface area contributed by atoms with E-state index in [2.05, 4.69) is 5.10 Å². The van der Waals surface area contributed by atoms with Gasteiger partial charge in [0.1, 0.15) is 5.76 Å². The Labute approximate surface area is 104 Å². The van der Waals surface area contributed by atoms with Crippen LogP contribution < -0.4 is 4.74 Å². The fourth-order valence-corrected chi connectivity index (χ4v) is 1.35. The van der Waals surface area contributed by atoms with E-state index < -0.39 is 11.6 Å². The molecule has 0 aliphatic carbocycles. The van der Waals surface area contributed by atoms with E-state index in [1.165, 1.54) is 13.8 Å². The molecule has 0 aliphatic heterocycles. The minimum atomic E-state index is -1.30. The highest BCUT2D eigenvalue weighted by molar-refractivity contribution is 5.76. The van der Waals surface area contributed by atoms with Gasteiger partial charge in [0.15, 0.2) is 0 Å². The number of nitrogens with zero attached hydrogens (tertiary/aromatic N) is 2. The highest BCUT2D eigenvalue weighted by atomic mass is 16.5. The lowest BCUT2D eigenvalue weighted by Crippen LogP contribution is -2.38. The van der Waals surface area contributed by atoms with E-state index in [4.69, 9.17) is 14.3 Å². The Morgan fingerprint density at radius 3 is 2.94 bits per heavy atom. The van der Waals surface area contributed by atoms with Crippen molar-refractivity contribution in [1.82, 2.24) is 9.78 Å². The molecule has 18 heavy (non-hydrogen) atoms. The van der Waals surface area contributed by atoms with E-state index in [1.54, 1.807) is 29.3 Å². The van der Waals surface area contributed by atoms with Crippen LogP contribution in [0.5, 0.6) is 5.88 Å². The largest absolute Gasteiger partial charge is 0.478 e. The minimum absolute atomic E-state index is 0.272. The lowest BCUT2D eigenvalue weighted by Gasteiger charge is -2.19. The zero-order valence-electron chi connectivity index (χ0n) is 10.2. The molecule has 0 atom stereocenters. The molecule has 0 bridgehead atoms. The molecule has 0 unspecified atom stereocenters. The third-order valence-corrected chi connectivity index (χ3v) is 2.39. The normalized spacial score (nSPS) is 11.4. The maximum absolute atomic E-state index is 10.9. The average Bonchev–Trinajstić information content (AvgIpc) is 2.90. The summed E-state index contributed by atoms with van der Waals surface area (Å²) in [6.45, 7) is 3.42. The Hall–Kier alpha value is -2.24. The van der Waals surface area contributed by atoms with Gasteiger partial charge in [-0.25, -0.2) is 4.79 Å². The molecule has 0 spiro atoms. The van der Waals surface area contributed by atoms with Gasteiger partial charge in [0.25, 0.3) is 0 Å². The highest BCUT2D eigenvalue weighted by Gasteiger charge is 2.30. The van der Waals surface area contributed by atoms with Crippen LogP contribution in [0.2, 0.25) is 0 Å². The standard InChI is InChI=1S/C12H14N2O4/c1-12(2,11(15)16)18-10-5-6-14(13-10)8-9-4-3-7-17-9/h3-7H,8H2,1-2H3,(H,15,16). The van der Waals surface area contributed by atoms with Crippen molar-refractivity contribution in [1.29, 1.82) is 0 Å². The quantitative estimate of drug-likeness (QED) is 0.874. The van der Waals surface area contributed by atoms with Crippen molar-refractivity contribution in [3.8, 4) is 5.88 Å². The smallest absolute Gasteiger partial charge is 0.347 e. The summed E-state index contributed by atoms with van der Waals surface area (Å²) in [5.41, 5.74) is -1.30. The molecule has 0 saturated heterocycles. The highest BCUT2D eigenvalue weighted by Crippen LogP contribution is 2.16. The molecule has 0 aliphatic rings. The van der Waals surface area contributed by atoms with Crippen LogP contribution in [0, 0.1) is 0 Å². The van der Waals surface area contributed by atoms with E-state index in [0.717, 1.165) is 5.76 Å². The molecule has 1 N–H and O–H groups in total. The van der Waals surface area contributed by atoms with Crippen LogP contribution in [-0.2, 0) is 11.3 Å². The van der Waals surface area contributed by atoms with Gasteiger partial charge in [-0.05, 0) is 26.0 Å². The molecule has 2 heterocycles. The van der Waals surface area contributed by atoms with Gasteiger partial charge in [0.05, 0.1) is 12.8 Å². The summed E-state index contributed by atoms with van der Waals surface area (Å²) >= 11 is 0. The van der Waals surface area contributed by atoms with Crippen molar-refractivity contribution in [2.75, 3.05) is 0 Å². The summed E-state index contributed by atoms with van der Waals surface area (Å²) in [6, 6.07) is 5.25. The number of aliphatic carboxylic acids is 1. The van der Waals surface area contributed by atoms with E-state index in [-0.39, 0.29) is 5.88 Å². The number of carboxylic acid groups (broad SMARTS) is 1. The van der Waals surface area contributed by atoms with Crippen LogP contribution in [0.4, 0.5) is 0 Å². The Morgan fingerprint density at radius 1 is 1.56 bits per heavy atom. The fraction of sp³-hybridized carbons (Fsp3) is 0.333. The van der Waals surface area contributed by atoms with Gasteiger partial charge < -0.3 is 14.3 Å². The molecule has 6 heteroatoms. The first-order valence-corrected chi connectivity index (χ1v) is 5.45. The van der Waals surface area contributed by atoms with Crippen LogP contribution in [0.15, 0.2) is 35.1 Å². The Balaban J connectivity index is 2.04. The molecule has 2 aromatic rings. The Kier molecular flexibility index (Phi) is 3.10. The first-order chi connectivity index (χ1) is 8.47. The first-order valence-electron chi connectivity index (χ1n) is 5.45. The van der Waals surface area contributed by atoms with Crippen molar-refractivity contribution in [3.63, 3.8) is 0 Å². The Bertz CT molecular complexity index is 528. The van der Waals surface area contributed by atoms with E-state index in [9.17, 15) is 4.79 Å². The van der Waals surface area contributed by atoms with Crippen LogP contribution in [0.3, 0.4) is 0 Å². The van der Waals surface area contributed by atoms with Crippen molar-refractivity contribution in [2.24, 2.45) is 0 Å². The van der Waals surface area contributed by atoms with Gasteiger partial charge in [-0.2, -0.15) is 0 Å². The molecule has 0 fully saturated rings. The summed E-state index contributed by atoms with van der Waals surface area (Å²) in [6.07, 6.45) is 3.29. The van der Waals surface area contributed by atoms with Gasteiger partial charge in [0.2, 0.25) is 11.5 Å². The van der Waals surface area contributed by atoms with Gasteiger partial charge >= 0.3 is 5.97 Å². The van der Waals surface area contributed by atoms with Crippen LogP contribution in [0.25, 0.3) is 0 Å². The second kappa shape index (κ2) is 4.56. The lowest BCUT2D eigenvalue weighted by atomic mass is 10.1. The monoisotopic (exact) mass is 250 g/mol. The predicted octanol–water partition coefficient (Wildman–Crippen LogP) is 1.77. The van der Waals surface area contributed by atoms with Gasteiger partial charge in [-0.15, -0.1) is 5.10 Å². The summed E-state index contributed by atoms with van der Waals surface area (Å²) < 4.78 is 12.1. The summed E-state index contributed by atoms with van der Waals surface area (Å²) in [4.78, 5) is 10.9. The molecule has 0 radical (unpaired) electrons. The maximum atomic E-state index is 10.9. The number of hydrogen-bond donors (Lipinski definition) is 1. The third kappa shape index (κ3) is 2.71. The molecule has 6 nitrogen and oxygen atoms in total. The minimum Gasteiger partial charge on any atom is -0.478 e. The van der Waals surface area contributed by atoms with Crippen LogP contribution in [0.1, 0.15) is 19.6 Å². The molecule has 0 saturated carbocycles. The number of rotatable bonds is 5. The number of aromatic nitrogens is 2. The lowest BCUT2D eigenvalue weighted by molar-refractivity contribution is -0.152. The summed E-state index contributed by atoms with van der Waals surface area (Å²) in [7, 11) is 0. The fourth-order valence-electron chi connectivity index (χ4n) is 1.35. The summed E-state index contributed by atoms with van der Waals surface area (Å²) in [5.74, 6) is -0.000754. The maximum Gasteiger partial charge on any atom is 0.347 e. The molecular formula is C12H14N2O4. The second-order valence-electron chi connectivity index (χ2n) is 4.35. The zero-order valence-corrected chi connectivity index (χ0v) is 10.2. The molecule has 2 aromatic heterocycles. The number of furan rings is 1. The first kappa shape index (κ1) is 12.2. The van der Waals surface area contributed by atoms with E-state index >= 15 is 0 Å². The predicted molar refractivity (Wildman–Crippen MR) is 62.4 cm³/mol. The van der Waals surface area contributed by atoms with Gasteiger partial charge in [-0.1, -0.05) is 0 Å². The topological polar surface area (TPSA) is 77.5 Å². The van der Waals surface area contributed by atoms with E-state index in [1.807, 2.05) is 6.07 Å². The van der Waals surface area contributed by atoms with Crippen molar-refractivity contribution < 1.29 is 19.1 Å². The van der Waals surface area contributed by atoms with Gasteiger partial charge in [0, 0.05) is 12.3 Å². The molecule has 0 aromatic carbocycles. The van der Waals surface area contributed by atoms with Gasteiger partial charge in [-0.3, -0.25) is 4.68 Å². The number of hydrogen-bond acceptors (Lipinski definition) is 4. The average molecular weight is 250 g/mol. The third-order valence-electron chi connectivity index (χ3n) is 2.39. The molecule has 2 rings (SSSR count). The molecular weight excluding hydrogens is 236 g/mol. The Morgan fingerprint density at radius 2 is 2.33 bits per heavy atom. The van der Waals surface area contributed by atoms with Crippen molar-refractivity contribution in [3.05, 3.63) is 36.4 Å². The molecule has 96 valence electrons. The number of carbonyl (C=O) groups is 1. The summed E-state index contributed by atoms with van der Waals surface area (Å²) in [5, 5.41) is 13.1. The van der Waals surface area contributed by atoms with Crippen molar-refractivity contribution in [2.45, 2.75) is 26.0 Å². The zero-order chi connectivity index (χ0) is 13.2. The van der Waals surface area contributed by atoms with Crippen molar-refractivity contribution >= 4 is 5.97 Å². The number of carboxylic acids is 1. The SMILES string of the molecule is CC(C)(Oc1ccn(Cc2ccco2)n1)C(=O)O. The van der Waals surface area contributed by atoms with E-state index in [0.29, 0.717) is 6.54 Å². The van der Waals surface area contributed by atoms with Crippen LogP contribution >= 0.6 is 0 Å².